The van der Waals surface area contributed by atoms with E-state index in [1.54, 1.807) is 5.56 Å². The highest BCUT2D eigenvalue weighted by molar-refractivity contribution is 7.28. The monoisotopic (exact) mass is 844 g/mol. The van der Waals surface area contributed by atoms with Gasteiger partial charge >= 0.3 is 0 Å². The zero-order valence-electron chi connectivity index (χ0n) is 40.4. The molecule has 2 aliphatic heterocycles. The van der Waals surface area contributed by atoms with E-state index in [-0.39, 0.29) is 33.8 Å². The predicted molar refractivity (Wildman–Crippen MR) is 277 cm³/mol. The Morgan fingerprint density at radius 3 is 1.63 bits per heavy atom. The average molecular weight is 845 g/mol. The summed E-state index contributed by atoms with van der Waals surface area (Å²) in [6.45, 7) is 33.8. The van der Waals surface area contributed by atoms with E-state index < -0.39 is 0 Å². The van der Waals surface area contributed by atoms with Crippen molar-refractivity contribution in [2.24, 2.45) is 0 Å². The van der Waals surface area contributed by atoms with Crippen molar-refractivity contribution >= 4 is 88.7 Å². The molecule has 0 saturated carbocycles. The number of anilines is 6. The second-order valence-corrected chi connectivity index (χ2v) is 24.8. The van der Waals surface area contributed by atoms with Crippen molar-refractivity contribution in [1.29, 1.82) is 0 Å². The molecular formula is C59H65BN2S. The maximum atomic E-state index is 2.71. The molecule has 0 bridgehead atoms. The second-order valence-electron chi connectivity index (χ2n) is 23.7. The summed E-state index contributed by atoms with van der Waals surface area (Å²) in [7, 11) is 0. The third-order valence-electron chi connectivity index (χ3n) is 16.4. The van der Waals surface area contributed by atoms with Crippen LogP contribution in [0.4, 0.5) is 34.1 Å². The molecule has 0 radical (unpaired) electrons. The summed E-state index contributed by atoms with van der Waals surface area (Å²) in [6, 6.07) is 36.8. The van der Waals surface area contributed by atoms with Gasteiger partial charge in [-0.2, -0.15) is 0 Å². The van der Waals surface area contributed by atoms with Crippen LogP contribution in [0.15, 0.2) is 91.0 Å². The SMILES string of the molecule is Cc1cc2c3c(c1)N(c1ccccc1C)c1ccc4c(sc5cc6c(cc54)C(C)(C)CCC6(C)C)c1B3c1cc3c(cc1N2c1ccc(C(C)(C)C)cc1C)C(C)(C)CCC3(C)C. The minimum atomic E-state index is 0.0525. The fourth-order valence-corrected chi connectivity index (χ4v) is 13.6. The molecule has 6 aromatic carbocycles. The van der Waals surface area contributed by atoms with E-state index in [0.717, 1.165) is 0 Å². The first-order valence-corrected chi connectivity index (χ1v) is 24.5. The van der Waals surface area contributed by atoms with Crippen LogP contribution in [0.1, 0.15) is 146 Å². The normalized spacial score (nSPS) is 18.8. The molecule has 4 heteroatoms. The molecule has 0 spiro atoms. The van der Waals surface area contributed by atoms with Gasteiger partial charge in [0, 0.05) is 48.9 Å². The van der Waals surface area contributed by atoms with Gasteiger partial charge in [0.1, 0.15) is 0 Å². The lowest BCUT2D eigenvalue weighted by Crippen LogP contribution is -2.62. The zero-order valence-corrected chi connectivity index (χ0v) is 41.2. The molecule has 0 amide bonds. The minimum absolute atomic E-state index is 0.0525. The van der Waals surface area contributed by atoms with Crippen LogP contribution in [0, 0.1) is 20.8 Å². The maximum Gasteiger partial charge on any atom is 0.254 e. The molecule has 0 fully saturated rings. The van der Waals surface area contributed by atoms with Crippen LogP contribution in [0.5, 0.6) is 0 Å². The number of benzene rings is 6. The molecule has 320 valence electrons. The lowest BCUT2D eigenvalue weighted by atomic mass is 9.33. The number of aryl methyl sites for hydroxylation is 3. The molecule has 1 aromatic heterocycles. The van der Waals surface area contributed by atoms with E-state index in [1.165, 1.54) is 135 Å². The van der Waals surface area contributed by atoms with Crippen LogP contribution < -0.4 is 26.2 Å². The summed E-state index contributed by atoms with van der Waals surface area (Å²) in [6.07, 6.45) is 4.80. The van der Waals surface area contributed by atoms with Crippen molar-refractivity contribution in [3.05, 3.63) is 136 Å². The quantitative estimate of drug-likeness (QED) is 0.160. The molecular weight excluding hydrogens is 780 g/mol. The van der Waals surface area contributed by atoms with Crippen molar-refractivity contribution in [3.63, 3.8) is 0 Å². The van der Waals surface area contributed by atoms with Crippen molar-refractivity contribution in [2.75, 3.05) is 9.80 Å². The number of para-hydroxylation sites is 1. The third-order valence-corrected chi connectivity index (χ3v) is 17.6. The van der Waals surface area contributed by atoms with Crippen LogP contribution in [-0.4, -0.2) is 6.71 Å². The molecule has 0 atom stereocenters. The topological polar surface area (TPSA) is 6.48 Å². The van der Waals surface area contributed by atoms with Gasteiger partial charge < -0.3 is 9.80 Å². The fraction of sp³-hybridized carbons (Fsp3) is 0.390. The number of fused-ring (bicyclic) bond motifs is 10. The van der Waals surface area contributed by atoms with Gasteiger partial charge in [0.25, 0.3) is 6.71 Å². The first-order valence-electron chi connectivity index (χ1n) is 23.7. The molecule has 2 aliphatic carbocycles. The van der Waals surface area contributed by atoms with Crippen LogP contribution in [-0.2, 0) is 27.1 Å². The van der Waals surface area contributed by atoms with Gasteiger partial charge in [0.15, 0.2) is 0 Å². The van der Waals surface area contributed by atoms with Gasteiger partial charge in [-0.05, 0) is 188 Å². The fourth-order valence-electron chi connectivity index (χ4n) is 12.3. The van der Waals surface area contributed by atoms with Crippen molar-refractivity contribution in [3.8, 4) is 0 Å². The number of thiophene rings is 1. The first kappa shape index (κ1) is 40.9. The van der Waals surface area contributed by atoms with E-state index in [0.29, 0.717) is 0 Å². The van der Waals surface area contributed by atoms with E-state index >= 15 is 0 Å². The summed E-state index contributed by atoms with van der Waals surface area (Å²) in [5.41, 5.74) is 23.9. The van der Waals surface area contributed by atoms with E-state index in [2.05, 4.69) is 198 Å². The molecule has 3 heterocycles. The molecule has 2 nitrogen and oxygen atoms in total. The Morgan fingerprint density at radius 2 is 1.03 bits per heavy atom. The molecule has 11 rings (SSSR count). The zero-order chi connectivity index (χ0) is 44.5. The summed E-state index contributed by atoms with van der Waals surface area (Å²) in [5, 5.41) is 2.81. The second kappa shape index (κ2) is 13.2. The third kappa shape index (κ3) is 5.88. The maximum absolute atomic E-state index is 2.71. The smallest absolute Gasteiger partial charge is 0.254 e. The van der Waals surface area contributed by atoms with Crippen LogP contribution in [0.3, 0.4) is 0 Å². The lowest BCUT2D eigenvalue weighted by molar-refractivity contribution is 0.332. The highest BCUT2D eigenvalue weighted by atomic mass is 32.1. The molecule has 7 aromatic rings. The molecule has 0 unspecified atom stereocenters. The number of rotatable bonds is 2. The summed E-state index contributed by atoms with van der Waals surface area (Å²) >= 11 is 2.04. The van der Waals surface area contributed by atoms with Gasteiger partial charge in [0.2, 0.25) is 0 Å². The molecule has 0 saturated heterocycles. The summed E-state index contributed by atoms with van der Waals surface area (Å²) in [5.74, 6) is 0. The Kier molecular flexibility index (Phi) is 8.55. The van der Waals surface area contributed by atoms with Crippen molar-refractivity contribution in [2.45, 2.75) is 150 Å². The largest absolute Gasteiger partial charge is 0.311 e. The summed E-state index contributed by atoms with van der Waals surface area (Å²) in [4.78, 5) is 5.32. The lowest BCUT2D eigenvalue weighted by Gasteiger charge is -2.48. The minimum Gasteiger partial charge on any atom is -0.311 e. The van der Waals surface area contributed by atoms with Gasteiger partial charge in [-0.25, -0.2) is 0 Å². The Bertz CT molecular complexity index is 3110. The van der Waals surface area contributed by atoms with Crippen LogP contribution in [0.2, 0.25) is 0 Å². The van der Waals surface area contributed by atoms with E-state index in [9.17, 15) is 0 Å². The first-order chi connectivity index (χ1) is 29.6. The van der Waals surface area contributed by atoms with Crippen molar-refractivity contribution < 1.29 is 0 Å². The van der Waals surface area contributed by atoms with Gasteiger partial charge in [-0.3, -0.25) is 0 Å². The number of hydrogen-bond donors (Lipinski definition) is 0. The molecule has 63 heavy (non-hydrogen) atoms. The average Bonchev–Trinajstić information content (AvgIpc) is 3.59. The number of hydrogen-bond acceptors (Lipinski definition) is 3. The highest BCUT2D eigenvalue weighted by Crippen LogP contribution is 2.53. The predicted octanol–water partition coefficient (Wildman–Crippen LogP) is 15.1. The summed E-state index contributed by atoms with van der Waals surface area (Å²) < 4.78 is 2.85. The molecule has 4 aliphatic rings. The van der Waals surface area contributed by atoms with Gasteiger partial charge in [0.05, 0.1) is 0 Å². The molecule has 0 N–H and O–H groups in total. The Balaban J connectivity index is 1.30. The van der Waals surface area contributed by atoms with E-state index in [1.807, 2.05) is 11.3 Å². The number of nitrogens with zero attached hydrogens (tertiary/aromatic N) is 2. The van der Waals surface area contributed by atoms with Crippen LogP contribution >= 0.6 is 11.3 Å². The standard InChI is InChI=1S/C59H65BN2S/c1-34-27-49-52-50(28-34)62(46-21-19-37(29-36(46)3)55(4,5)6)48-32-42-41(57(9,10)24-25-58(42,11)12)31-44(48)60(52)53-47(61(49)45-18-16-15-17-35(45)2)22-20-38-39-30-40-43(33-51(39)63-54(38)53)59(13,14)26-23-56(40,7)8/h15-22,27-33H,23-26H2,1-14H3. The van der Waals surface area contributed by atoms with E-state index in [4.69, 9.17) is 0 Å². The Morgan fingerprint density at radius 1 is 0.492 bits per heavy atom. The highest BCUT2D eigenvalue weighted by Gasteiger charge is 2.48. The van der Waals surface area contributed by atoms with Crippen LogP contribution in [0.25, 0.3) is 20.2 Å². The van der Waals surface area contributed by atoms with Gasteiger partial charge in [-0.1, -0.05) is 119 Å². The Labute approximate surface area is 381 Å². The van der Waals surface area contributed by atoms with Gasteiger partial charge in [-0.15, -0.1) is 11.3 Å². The van der Waals surface area contributed by atoms with Crippen molar-refractivity contribution in [1.82, 2.24) is 0 Å². The Hall–Kier alpha value is -4.80.